The molecule has 31 heavy (non-hydrogen) atoms. The number of sulfone groups is 1. The van der Waals surface area contributed by atoms with Gasteiger partial charge in [-0.3, -0.25) is 4.79 Å². The van der Waals surface area contributed by atoms with Gasteiger partial charge < -0.3 is 9.30 Å². The lowest BCUT2D eigenvalue weighted by Crippen LogP contribution is -2.20. The molecule has 0 fully saturated rings. The lowest BCUT2D eigenvalue weighted by atomic mass is 10.2. The van der Waals surface area contributed by atoms with E-state index in [4.69, 9.17) is 4.74 Å². The number of hydrogen-bond acceptors (Lipinski definition) is 5. The number of amides is 1. The van der Waals surface area contributed by atoms with E-state index < -0.39 is 9.84 Å². The molecule has 0 radical (unpaired) electrons. The molecule has 0 atom stereocenters. The van der Waals surface area contributed by atoms with E-state index >= 15 is 0 Å². The van der Waals surface area contributed by atoms with E-state index in [-0.39, 0.29) is 29.4 Å². The zero-order valence-corrected chi connectivity index (χ0v) is 19.8. The first-order valence-electron chi connectivity index (χ1n) is 10.3. The third-order valence-corrected chi connectivity index (χ3v) is 7.76. The second-order valence-electron chi connectivity index (χ2n) is 7.45. The number of thiazole rings is 1. The molecule has 1 aromatic heterocycles. The molecule has 3 rings (SSSR count). The van der Waals surface area contributed by atoms with Crippen LogP contribution in [0, 0.1) is 13.8 Å². The van der Waals surface area contributed by atoms with Gasteiger partial charge in [-0.25, -0.2) is 8.42 Å². The summed E-state index contributed by atoms with van der Waals surface area (Å²) in [6.45, 7) is 7.64. The van der Waals surface area contributed by atoms with Crippen molar-refractivity contribution in [2.24, 2.45) is 4.99 Å². The fraction of sp³-hybridized carbons (Fsp3) is 0.391. The van der Waals surface area contributed by atoms with Gasteiger partial charge in [0.05, 0.1) is 27.5 Å². The Hall–Kier alpha value is -2.29. The Balaban J connectivity index is 1.74. The van der Waals surface area contributed by atoms with Crippen LogP contribution < -0.4 is 4.80 Å². The van der Waals surface area contributed by atoms with Crippen LogP contribution in [0.1, 0.15) is 30.9 Å². The molecule has 0 aliphatic heterocycles. The monoisotopic (exact) mass is 460 g/mol. The van der Waals surface area contributed by atoms with Gasteiger partial charge >= 0.3 is 0 Å². The standard InChI is InChI=1S/C23H28N2O4S2/c1-4-29-14-13-25-20-12-9-18(3)16-21(20)30-23(25)24-22(26)6-5-15-31(27,28)19-10-7-17(2)8-11-19/h7-12,16H,4-6,13-15H2,1-3H3. The molecule has 166 valence electrons. The minimum absolute atomic E-state index is 0.0761. The number of carbonyl (C=O) groups excluding carboxylic acids is 1. The smallest absolute Gasteiger partial charge is 0.248 e. The summed E-state index contributed by atoms with van der Waals surface area (Å²) in [5.74, 6) is -0.389. The molecule has 0 unspecified atom stereocenters. The molecule has 6 nitrogen and oxygen atoms in total. The Morgan fingerprint density at radius 1 is 1.10 bits per heavy atom. The molecule has 3 aromatic rings. The third kappa shape index (κ3) is 6.12. The van der Waals surface area contributed by atoms with Crippen molar-refractivity contribution in [1.29, 1.82) is 0 Å². The van der Waals surface area contributed by atoms with Gasteiger partial charge in [-0.15, -0.1) is 0 Å². The van der Waals surface area contributed by atoms with Crippen LogP contribution >= 0.6 is 11.3 Å². The number of fused-ring (bicyclic) bond motifs is 1. The van der Waals surface area contributed by atoms with E-state index in [0.29, 0.717) is 24.6 Å². The van der Waals surface area contributed by atoms with E-state index in [2.05, 4.69) is 11.1 Å². The molecular weight excluding hydrogens is 432 g/mol. The summed E-state index contributed by atoms with van der Waals surface area (Å²) in [5.41, 5.74) is 3.16. The second kappa shape index (κ2) is 10.3. The SMILES string of the molecule is CCOCCn1c(=NC(=O)CCCS(=O)(=O)c2ccc(C)cc2)sc2cc(C)ccc21. The van der Waals surface area contributed by atoms with Crippen LogP contribution in [0.4, 0.5) is 0 Å². The Morgan fingerprint density at radius 3 is 2.52 bits per heavy atom. The lowest BCUT2D eigenvalue weighted by Gasteiger charge is -2.06. The van der Waals surface area contributed by atoms with Crippen LogP contribution in [0.25, 0.3) is 10.2 Å². The highest BCUT2D eigenvalue weighted by atomic mass is 32.2. The summed E-state index contributed by atoms with van der Waals surface area (Å²) >= 11 is 1.46. The molecule has 0 bridgehead atoms. The minimum atomic E-state index is -3.41. The Labute approximate surface area is 187 Å². The van der Waals surface area contributed by atoms with Gasteiger partial charge in [-0.1, -0.05) is 35.1 Å². The summed E-state index contributed by atoms with van der Waals surface area (Å²) in [4.78, 5) is 17.7. The van der Waals surface area contributed by atoms with Crippen molar-refractivity contribution in [1.82, 2.24) is 4.57 Å². The van der Waals surface area contributed by atoms with Crippen molar-refractivity contribution < 1.29 is 17.9 Å². The van der Waals surface area contributed by atoms with Crippen LogP contribution in [-0.2, 0) is 25.9 Å². The van der Waals surface area contributed by atoms with Crippen molar-refractivity contribution in [3.63, 3.8) is 0 Å². The number of hydrogen-bond donors (Lipinski definition) is 0. The van der Waals surface area contributed by atoms with Gasteiger partial charge in [0.1, 0.15) is 0 Å². The Bertz CT molecular complexity index is 1220. The number of benzene rings is 2. The average Bonchev–Trinajstić information content (AvgIpc) is 3.04. The fourth-order valence-corrected chi connectivity index (χ4v) is 5.70. The topological polar surface area (TPSA) is 77.7 Å². The van der Waals surface area contributed by atoms with Crippen molar-refractivity contribution in [3.05, 3.63) is 58.4 Å². The van der Waals surface area contributed by atoms with E-state index in [1.165, 1.54) is 11.3 Å². The van der Waals surface area contributed by atoms with Crippen molar-refractivity contribution in [3.8, 4) is 0 Å². The molecule has 0 saturated carbocycles. The maximum atomic E-state index is 12.5. The zero-order valence-electron chi connectivity index (χ0n) is 18.1. The van der Waals surface area contributed by atoms with Crippen molar-refractivity contribution >= 4 is 37.3 Å². The van der Waals surface area contributed by atoms with Crippen LogP contribution in [0.15, 0.2) is 52.4 Å². The van der Waals surface area contributed by atoms with Crippen LogP contribution in [0.2, 0.25) is 0 Å². The van der Waals surface area contributed by atoms with Crippen LogP contribution in [0.5, 0.6) is 0 Å². The number of rotatable bonds is 9. The lowest BCUT2D eigenvalue weighted by molar-refractivity contribution is -0.118. The summed E-state index contributed by atoms with van der Waals surface area (Å²) < 4.78 is 33.5. The highest BCUT2D eigenvalue weighted by Crippen LogP contribution is 2.19. The normalized spacial score (nSPS) is 12.5. The molecule has 1 heterocycles. The summed E-state index contributed by atoms with van der Waals surface area (Å²) in [5, 5.41) is 0. The molecular formula is C23H28N2O4S2. The predicted octanol–water partition coefficient (Wildman–Crippen LogP) is 4.04. The quantitative estimate of drug-likeness (QED) is 0.452. The van der Waals surface area contributed by atoms with Gasteiger partial charge in [0.2, 0.25) is 5.91 Å². The molecule has 0 saturated heterocycles. The summed E-state index contributed by atoms with van der Waals surface area (Å²) in [6.07, 6.45) is 0.325. The highest BCUT2D eigenvalue weighted by molar-refractivity contribution is 7.91. The highest BCUT2D eigenvalue weighted by Gasteiger charge is 2.15. The minimum Gasteiger partial charge on any atom is -0.380 e. The zero-order chi connectivity index (χ0) is 22.4. The average molecular weight is 461 g/mol. The van der Waals surface area contributed by atoms with Gasteiger partial charge in [-0.05, 0) is 57.0 Å². The Morgan fingerprint density at radius 2 is 1.81 bits per heavy atom. The van der Waals surface area contributed by atoms with E-state index in [1.807, 2.05) is 37.5 Å². The number of aryl methyl sites for hydroxylation is 2. The van der Waals surface area contributed by atoms with Crippen LogP contribution in [0.3, 0.4) is 0 Å². The van der Waals surface area contributed by atoms with Gasteiger partial charge in [0, 0.05) is 19.6 Å². The number of carbonyl (C=O) groups is 1. The summed E-state index contributed by atoms with van der Waals surface area (Å²) in [7, 11) is -3.41. The van der Waals surface area contributed by atoms with Crippen molar-refractivity contribution in [2.45, 2.75) is 45.1 Å². The third-order valence-electron chi connectivity index (χ3n) is 4.91. The first-order chi connectivity index (χ1) is 14.8. The largest absolute Gasteiger partial charge is 0.380 e. The number of ether oxygens (including phenoxy) is 1. The first kappa shape index (κ1) is 23.4. The Kier molecular flexibility index (Phi) is 7.80. The molecule has 0 aliphatic rings. The van der Waals surface area contributed by atoms with Crippen LogP contribution in [-0.4, -0.2) is 37.9 Å². The number of aromatic nitrogens is 1. The predicted molar refractivity (Wildman–Crippen MR) is 124 cm³/mol. The molecule has 0 spiro atoms. The summed E-state index contributed by atoms with van der Waals surface area (Å²) in [6, 6.07) is 12.9. The van der Waals surface area contributed by atoms with E-state index in [9.17, 15) is 13.2 Å². The number of nitrogens with zero attached hydrogens (tertiary/aromatic N) is 2. The van der Waals surface area contributed by atoms with Gasteiger partial charge in [0.25, 0.3) is 0 Å². The fourth-order valence-electron chi connectivity index (χ4n) is 3.22. The second-order valence-corrected chi connectivity index (χ2v) is 10.6. The van der Waals surface area contributed by atoms with Gasteiger partial charge in [0.15, 0.2) is 14.6 Å². The maximum absolute atomic E-state index is 12.5. The first-order valence-corrected chi connectivity index (χ1v) is 12.8. The molecule has 8 heteroatoms. The molecule has 2 aromatic carbocycles. The molecule has 1 amide bonds. The molecule has 0 aliphatic carbocycles. The van der Waals surface area contributed by atoms with E-state index in [1.54, 1.807) is 24.3 Å². The molecule has 0 N–H and O–H groups in total. The maximum Gasteiger partial charge on any atom is 0.248 e. The van der Waals surface area contributed by atoms with Crippen molar-refractivity contribution in [2.75, 3.05) is 19.0 Å². The van der Waals surface area contributed by atoms with Gasteiger partial charge in [-0.2, -0.15) is 4.99 Å². The van der Waals surface area contributed by atoms with E-state index in [0.717, 1.165) is 21.3 Å².